The summed E-state index contributed by atoms with van der Waals surface area (Å²) < 4.78 is 5.72. The summed E-state index contributed by atoms with van der Waals surface area (Å²) in [4.78, 5) is 23.1. The number of aliphatic carboxylic acids is 1. The van der Waals surface area contributed by atoms with Gasteiger partial charge in [-0.1, -0.05) is 13.8 Å². The van der Waals surface area contributed by atoms with Gasteiger partial charge in [-0.15, -0.1) is 0 Å². The van der Waals surface area contributed by atoms with E-state index >= 15 is 0 Å². The van der Waals surface area contributed by atoms with Gasteiger partial charge < -0.3 is 15.2 Å². The van der Waals surface area contributed by atoms with Gasteiger partial charge in [0.25, 0.3) is 5.91 Å². The van der Waals surface area contributed by atoms with E-state index < -0.39 is 12.0 Å². The third kappa shape index (κ3) is 3.97. The van der Waals surface area contributed by atoms with E-state index in [2.05, 4.69) is 5.32 Å². The Kier molecular flexibility index (Phi) is 4.83. The van der Waals surface area contributed by atoms with Crippen LogP contribution in [0.2, 0.25) is 0 Å². The molecule has 114 valence electrons. The van der Waals surface area contributed by atoms with Gasteiger partial charge in [0, 0.05) is 5.56 Å². The van der Waals surface area contributed by atoms with Gasteiger partial charge in [0.05, 0.1) is 6.10 Å². The lowest BCUT2D eigenvalue weighted by molar-refractivity contribution is -0.140. The first kappa shape index (κ1) is 15.4. The highest BCUT2D eigenvalue weighted by atomic mass is 16.5. The minimum Gasteiger partial charge on any atom is -0.490 e. The number of carboxylic acids is 1. The molecule has 0 spiro atoms. The zero-order valence-corrected chi connectivity index (χ0v) is 12.3. The van der Waals surface area contributed by atoms with Crippen molar-refractivity contribution in [2.24, 2.45) is 5.92 Å². The Bertz CT molecular complexity index is 506. The summed E-state index contributed by atoms with van der Waals surface area (Å²) in [7, 11) is 0. The lowest BCUT2D eigenvalue weighted by Crippen LogP contribution is -2.44. The molecule has 1 aromatic rings. The summed E-state index contributed by atoms with van der Waals surface area (Å²) in [5.74, 6) is -0.836. The molecule has 1 fully saturated rings. The molecular weight excluding hydrogens is 270 g/mol. The van der Waals surface area contributed by atoms with E-state index in [1.807, 2.05) is 0 Å². The van der Waals surface area contributed by atoms with Crippen LogP contribution in [0.3, 0.4) is 0 Å². The number of rotatable bonds is 6. The van der Waals surface area contributed by atoms with Crippen molar-refractivity contribution in [3.05, 3.63) is 29.8 Å². The van der Waals surface area contributed by atoms with E-state index in [4.69, 9.17) is 9.84 Å². The summed E-state index contributed by atoms with van der Waals surface area (Å²) in [6.07, 6.45) is 3.66. The van der Waals surface area contributed by atoms with Crippen molar-refractivity contribution in [2.75, 3.05) is 0 Å². The Morgan fingerprint density at radius 1 is 1.24 bits per heavy atom. The predicted molar refractivity (Wildman–Crippen MR) is 78.4 cm³/mol. The summed E-state index contributed by atoms with van der Waals surface area (Å²) >= 11 is 0. The summed E-state index contributed by atoms with van der Waals surface area (Å²) in [5.41, 5.74) is 0.433. The molecule has 1 amide bonds. The van der Waals surface area contributed by atoms with Crippen molar-refractivity contribution in [3.63, 3.8) is 0 Å². The number of hydrogen-bond donors (Lipinski definition) is 2. The molecule has 1 aromatic carbocycles. The van der Waals surface area contributed by atoms with Gasteiger partial charge in [0.15, 0.2) is 0 Å². The quantitative estimate of drug-likeness (QED) is 0.844. The second-order valence-electron chi connectivity index (χ2n) is 5.73. The normalized spacial score (nSPS) is 16.1. The first-order chi connectivity index (χ1) is 9.97. The molecule has 1 atom stereocenters. The standard InChI is InChI=1S/C16H21NO4/c1-10(2)14(16(19)20)17-15(18)11-6-8-13(9-7-11)21-12-4-3-5-12/h6-10,12,14H,3-5H2,1-2H3,(H,17,18)(H,19,20)/t14-/m1/s1. The molecule has 1 aliphatic carbocycles. The van der Waals surface area contributed by atoms with Crippen molar-refractivity contribution >= 4 is 11.9 Å². The highest BCUT2D eigenvalue weighted by Gasteiger charge is 2.24. The average molecular weight is 291 g/mol. The number of benzene rings is 1. The average Bonchev–Trinajstić information content (AvgIpc) is 2.40. The van der Waals surface area contributed by atoms with Gasteiger partial charge in [-0.05, 0) is 49.4 Å². The van der Waals surface area contributed by atoms with E-state index in [-0.39, 0.29) is 11.8 Å². The van der Waals surface area contributed by atoms with Gasteiger partial charge >= 0.3 is 5.97 Å². The number of carbonyl (C=O) groups is 2. The number of carboxylic acid groups (broad SMARTS) is 1. The van der Waals surface area contributed by atoms with Crippen LogP contribution in [0.25, 0.3) is 0 Å². The Hall–Kier alpha value is -2.04. The second-order valence-corrected chi connectivity index (χ2v) is 5.73. The molecule has 0 saturated heterocycles. The highest BCUT2D eigenvalue weighted by Crippen LogP contribution is 2.25. The van der Waals surface area contributed by atoms with E-state index in [9.17, 15) is 9.59 Å². The van der Waals surface area contributed by atoms with Crippen LogP contribution in [0.15, 0.2) is 24.3 Å². The fourth-order valence-corrected chi connectivity index (χ4v) is 2.10. The van der Waals surface area contributed by atoms with E-state index in [0.29, 0.717) is 11.7 Å². The summed E-state index contributed by atoms with van der Waals surface area (Å²) in [5, 5.41) is 11.6. The molecule has 0 aromatic heterocycles. The molecular formula is C16H21NO4. The Balaban J connectivity index is 1.96. The van der Waals surface area contributed by atoms with Gasteiger partial charge in [0.1, 0.15) is 11.8 Å². The predicted octanol–water partition coefficient (Wildman–Crippen LogP) is 2.46. The van der Waals surface area contributed by atoms with Crippen LogP contribution in [0.1, 0.15) is 43.5 Å². The molecule has 21 heavy (non-hydrogen) atoms. The molecule has 0 radical (unpaired) electrons. The third-order valence-corrected chi connectivity index (χ3v) is 3.69. The molecule has 5 nitrogen and oxygen atoms in total. The largest absolute Gasteiger partial charge is 0.490 e. The minimum atomic E-state index is -1.02. The fourth-order valence-electron chi connectivity index (χ4n) is 2.10. The summed E-state index contributed by atoms with van der Waals surface area (Å²) in [6.45, 7) is 3.52. The second kappa shape index (κ2) is 6.61. The highest BCUT2D eigenvalue weighted by molar-refractivity contribution is 5.96. The molecule has 0 aliphatic heterocycles. The molecule has 1 saturated carbocycles. The van der Waals surface area contributed by atoms with Gasteiger partial charge in [0.2, 0.25) is 0 Å². The number of ether oxygens (including phenoxy) is 1. The van der Waals surface area contributed by atoms with Crippen LogP contribution in [0.5, 0.6) is 5.75 Å². The van der Waals surface area contributed by atoms with Crippen LogP contribution in [-0.4, -0.2) is 29.1 Å². The Morgan fingerprint density at radius 2 is 1.86 bits per heavy atom. The van der Waals surface area contributed by atoms with Crippen LogP contribution in [0, 0.1) is 5.92 Å². The molecule has 5 heteroatoms. The van der Waals surface area contributed by atoms with Gasteiger partial charge in [-0.25, -0.2) is 4.79 Å². The van der Waals surface area contributed by atoms with Gasteiger partial charge in [-0.3, -0.25) is 4.79 Å². The van der Waals surface area contributed by atoms with E-state index in [0.717, 1.165) is 18.6 Å². The SMILES string of the molecule is CC(C)[C@@H](NC(=O)c1ccc(OC2CCC2)cc1)C(=O)O. The van der Waals surface area contributed by atoms with Crippen molar-refractivity contribution in [3.8, 4) is 5.75 Å². The maximum Gasteiger partial charge on any atom is 0.326 e. The fraction of sp³-hybridized carbons (Fsp3) is 0.500. The zero-order valence-electron chi connectivity index (χ0n) is 12.3. The Morgan fingerprint density at radius 3 is 2.29 bits per heavy atom. The van der Waals surface area contributed by atoms with Crippen molar-refractivity contribution in [2.45, 2.75) is 45.3 Å². The topological polar surface area (TPSA) is 75.6 Å². The zero-order chi connectivity index (χ0) is 15.4. The van der Waals surface area contributed by atoms with Crippen molar-refractivity contribution in [1.82, 2.24) is 5.32 Å². The summed E-state index contributed by atoms with van der Waals surface area (Å²) in [6, 6.07) is 5.92. The lowest BCUT2D eigenvalue weighted by atomic mass is 9.96. The van der Waals surface area contributed by atoms with Crippen LogP contribution < -0.4 is 10.1 Å². The van der Waals surface area contributed by atoms with E-state index in [1.54, 1.807) is 38.1 Å². The molecule has 0 heterocycles. The number of hydrogen-bond acceptors (Lipinski definition) is 3. The van der Waals surface area contributed by atoms with Crippen LogP contribution in [0.4, 0.5) is 0 Å². The van der Waals surface area contributed by atoms with E-state index in [1.165, 1.54) is 6.42 Å². The smallest absolute Gasteiger partial charge is 0.326 e. The van der Waals surface area contributed by atoms with Gasteiger partial charge in [-0.2, -0.15) is 0 Å². The maximum absolute atomic E-state index is 12.0. The Labute approximate surface area is 124 Å². The molecule has 0 bridgehead atoms. The molecule has 2 N–H and O–H groups in total. The number of nitrogens with one attached hydrogen (secondary N) is 1. The van der Waals surface area contributed by atoms with Crippen LogP contribution >= 0.6 is 0 Å². The molecule has 1 aliphatic rings. The minimum absolute atomic E-state index is 0.173. The molecule has 2 rings (SSSR count). The number of carbonyl (C=O) groups excluding carboxylic acids is 1. The molecule has 0 unspecified atom stereocenters. The van der Waals surface area contributed by atoms with Crippen molar-refractivity contribution < 1.29 is 19.4 Å². The van der Waals surface area contributed by atoms with Crippen molar-refractivity contribution in [1.29, 1.82) is 0 Å². The van der Waals surface area contributed by atoms with Crippen LogP contribution in [-0.2, 0) is 4.79 Å². The maximum atomic E-state index is 12.0. The monoisotopic (exact) mass is 291 g/mol. The first-order valence-corrected chi connectivity index (χ1v) is 7.27. The lowest BCUT2D eigenvalue weighted by Gasteiger charge is -2.26. The first-order valence-electron chi connectivity index (χ1n) is 7.27. The third-order valence-electron chi connectivity index (χ3n) is 3.69. The number of amides is 1.